The lowest BCUT2D eigenvalue weighted by molar-refractivity contribution is -0.131. The molecule has 1 unspecified atom stereocenters. The number of halogens is 1. The van der Waals surface area contributed by atoms with Crippen LogP contribution in [-0.2, 0) is 9.59 Å². The van der Waals surface area contributed by atoms with E-state index in [2.05, 4.69) is 26.1 Å². The lowest BCUT2D eigenvalue weighted by atomic mass is 10.1. The molecule has 1 aromatic carbocycles. The highest BCUT2D eigenvalue weighted by molar-refractivity contribution is 9.10. The second kappa shape index (κ2) is 7.08. The number of carbonyl (C=O) groups is 2. The zero-order valence-electron chi connectivity index (χ0n) is 15.2. The molecule has 2 aromatic rings. The van der Waals surface area contributed by atoms with Crippen LogP contribution in [0.5, 0.6) is 0 Å². The van der Waals surface area contributed by atoms with Crippen molar-refractivity contribution in [1.82, 2.24) is 15.1 Å². The van der Waals surface area contributed by atoms with Crippen LogP contribution in [0.3, 0.4) is 0 Å². The van der Waals surface area contributed by atoms with Gasteiger partial charge in [-0.15, -0.1) is 10.2 Å². The van der Waals surface area contributed by atoms with Gasteiger partial charge in [-0.2, -0.15) is 0 Å². The molecule has 1 atom stereocenters. The van der Waals surface area contributed by atoms with Crippen molar-refractivity contribution in [1.29, 1.82) is 0 Å². The SMILES string of the molecule is CN(C(=O)C1CC(=O)N(C(C)(C)C)C1)c1nnc(-c2ccc(Br)cc2)s1. The van der Waals surface area contributed by atoms with E-state index in [1.165, 1.54) is 16.2 Å². The van der Waals surface area contributed by atoms with Gasteiger partial charge in [-0.25, -0.2) is 0 Å². The largest absolute Gasteiger partial charge is 0.337 e. The summed E-state index contributed by atoms with van der Waals surface area (Å²) in [6, 6.07) is 7.78. The van der Waals surface area contributed by atoms with E-state index in [0.717, 1.165) is 15.0 Å². The van der Waals surface area contributed by atoms with Gasteiger partial charge >= 0.3 is 0 Å². The fourth-order valence-electron chi connectivity index (χ4n) is 2.95. The third-order valence-electron chi connectivity index (χ3n) is 4.41. The summed E-state index contributed by atoms with van der Waals surface area (Å²) in [5.41, 5.74) is 0.676. The number of hydrogen-bond acceptors (Lipinski definition) is 5. The van der Waals surface area contributed by atoms with E-state index in [1.54, 1.807) is 11.9 Å². The first-order chi connectivity index (χ1) is 12.2. The molecule has 1 aliphatic rings. The summed E-state index contributed by atoms with van der Waals surface area (Å²) in [6.07, 6.45) is 0.249. The number of hydrogen-bond donors (Lipinski definition) is 0. The molecular weight excluding hydrogens is 416 g/mol. The molecule has 0 radical (unpaired) electrons. The maximum atomic E-state index is 12.8. The topological polar surface area (TPSA) is 66.4 Å². The molecule has 2 amide bonds. The van der Waals surface area contributed by atoms with Gasteiger partial charge in [0.15, 0.2) is 0 Å². The first-order valence-electron chi connectivity index (χ1n) is 8.34. The van der Waals surface area contributed by atoms with E-state index in [4.69, 9.17) is 0 Å². The maximum Gasteiger partial charge on any atom is 0.233 e. The Balaban J connectivity index is 1.74. The van der Waals surface area contributed by atoms with Crippen LogP contribution in [0, 0.1) is 5.92 Å². The monoisotopic (exact) mass is 436 g/mol. The highest BCUT2D eigenvalue weighted by atomic mass is 79.9. The Morgan fingerprint density at radius 2 is 1.92 bits per heavy atom. The average Bonchev–Trinajstić information content (AvgIpc) is 3.20. The summed E-state index contributed by atoms with van der Waals surface area (Å²) in [4.78, 5) is 28.4. The smallest absolute Gasteiger partial charge is 0.233 e. The second-order valence-corrected chi connectivity index (χ2v) is 9.24. The van der Waals surface area contributed by atoms with Crippen molar-refractivity contribution in [2.24, 2.45) is 5.92 Å². The second-order valence-electron chi connectivity index (χ2n) is 7.37. The molecule has 0 spiro atoms. The molecule has 6 nitrogen and oxygen atoms in total. The van der Waals surface area contributed by atoms with Gasteiger partial charge < -0.3 is 4.90 Å². The molecule has 1 aliphatic heterocycles. The van der Waals surface area contributed by atoms with E-state index in [9.17, 15) is 9.59 Å². The minimum atomic E-state index is -0.341. The number of anilines is 1. The predicted octanol–water partition coefficient (Wildman–Crippen LogP) is 3.58. The highest BCUT2D eigenvalue weighted by Crippen LogP contribution is 2.32. The standard InChI is InChI=1S/C18H21BrN4O2S/c1-18(2,3)23-10-12(9-14(23)24)16(25)22(4)17-21-20-15(26-17)11-5-7-13(19)8-6-11/h5-8,12H,9-10H2,1-4H3. The minimum Gasteiger partial charge on any atom is -0.337 e. The van der Waals surface area contributed by atoms with Gasteiger partial charge in [0.2, 0.25) is 16.9 Å². The van der Waals surface area contributed by atoms with E-state index < -0.39 is 0 Å². The zero-order valence-corrected chi connectivity index (χ0v) is 17.6. The van der Waals surface area contributed by atoms with Crippen molar-refractivity contribution in [3.63, 3.8) is 0 Å². The van der Waals surface area contributed by atoms with Crippen molar-refractivity contribution in [2.75, 3.05) is 18.5 Å². The zero-order chi connectivity index (χ0) is 19.1. The molecule has 0 bridgehead atoms. The lowest BCUT2D eigenvalue weighted by Crippen LogP contribution is -2.43. The summed E-state index contributed by atoms with van der Waals surface area (Å²) < 4.78 is 0.993. The first kappa shape index (κ1) is 19.0. The molecule has 8 heteroatoms. The third kappa shape index (κ3) is 3.81. The fraction of sp³-hybridized carbons (Fsp3) is 0.444. The van der Waals surface area contributed by atoms with Crippen LogP contribution in [0.25, 0.3) is 10.6 Å². The number of amides is 2. The maximum absolute atomic E-state index is 12.8. The van der Waals surface area contributed by atoms with E-state index in [0.29, 0.717) is 11.7 Å². The van der Waals surface area contributed by atoms with E-state index >= 15 is 0 Å². The van der Waals surface area contributed by atoms with Gasteiger partial charge in [-0.1, -0.05) is 39.4 Å². The normalized spacial score (nSPS) is 17.7. The quantitative estimate of drug-likeness (QED) is 0.737. The van der Waals surface area contributed by atoms with Gasteiger partial charge in [0.25, 0.3) is 0 Å². The summed E-state index contributed by atoms with van der Waals surface area (Å²) in [7, 11) is 1.69. The van der Waals surface area contributed by atoms with Crippen LogP contribution in [0.15, 0.2) is 28.7 Å². The van der Waals surface area contributed by atoms with Crippen LogP contribution in [0.4, 0.5) is 5.13 Å². The van der Waals surface area contributed by atoms with Crippen LogP contribution < -0.4 is 4.90 Å². The van der Waals surface area contributed by atoms with Crippen LogP contribution >= 0.6 is 27.3 Å². The van der Waals surface area contributed by atoms with Gasteiger partial charge in [-0.05, 0) is 32.9 Å². The minimum absolute atomic E-state index is 0.0251. The number of likely N-dealkylation sites (tertiary alicyclic amines) is 1. The molecule has 0 saturated carbocycles. The number of rotatable bonds is 3. The van der Waals surface area contributed by atoms with E-state index in [1.807, 2.05) is 45.0 Å². The highest BCUT2D eigenvalue weighted by Gasteiger charge is 2.40. The Hall–Kier alpha value is -1.80. The summed E-state index contributed by atoms with van der Waals surface area (Å²) in [5.74, 6) is -0.410. The van der Waals surface area contributed by atoms with Crippen molar-refractivity contribution < 1.29 is 9.59 Å². The van der Waals surface area contributed by atoms with Crippen LogP contribution in [0.2, 0.25) is 0 Å². The van der Waals surface area contributed by atoms with Crippen LogP contribution in [0.1, 0.15) is 27.2 Å². The Kier molecular flexibility index (Phi) is 5.16. The number of benzene rings is 1. The third-order valence-corrected chi connectivity index (χ3v) is 5.98. The molecule has 1 fully saturated rings. The summed E-state index contributed by atoms with van der Waals surface area (Å²) >= 11 is 4.77. The number of aromatic nitrogens is 2. The van der Waals surface area contributed by atoms with Crippen molar-refractivity contribution in [3.8, 4) is 10.6 Å². The van der Waals surface area contributed by atoms with Gasteiger partial charge in [0.05, 0.1) is 5.92 Å². The van der Waals surface area contributed by atoms with Gasteiger partial charge in [0.1, 0.15) is 5.01 Å². The molecule has 1 aromatic heterocycles. The number of carbonyl (C=O) groups excluding carboxylic acids is 2. The first-order valence-corrected chi connectivity index (χ1v) is 9.95. The Morgan fingerprint density at radius 1 is 1.27 bits per heavy atom. The van der Waals surface area contributed by atoms with Crippen LogP contribution in [-0.4, -0.2) is 46.0 Å². The molecular formula is C18H21BrN4O2S. The molecule has 3 rings (SSSR count). The van der Waals surface area contributed by atoms with Gasteiger partial charge in [0, 0.05) is 35.6 Å². The van der Waals surface area contributed by atoms with E-state index in [-0.39, 0.29) is 29.7 Å². The molecule has 26 heavy (non-hydrogen) atoms. The Morgan fingerprint density at radius 3 is 2.50 bits per heavy atom. The summed E-state index contributed by atoms with van der Waals surface area (Å²) in [5, 5.41) is 9.65. The Bertz CT molecular complexity index is 828. The molecule has 0 aliphatic carbocycles. The molecule has 0 N–H and O–H groups in total. The molecule has 2 heterocycles. The molecule has 1 saturated heterocycles. The van der Waals surface area contributed by atoms with Crippen molar-refractivity contribution in [3.05, 3.63) is 28.7 Å². The average molecular weight is 437 g/mol. The fourth-order valence-corrected chi connectivity index (χ4v) is 4.03. The summed E-state index contributed by atoms with van der Waals surface area (Å²) in [6.45, 7) is 6.40. The predicted molar refractivity (Wildman–Crippen MR) is 106 cm³/mol. The van der Waals surface area contributed by atoms with Gasteiger partial charge in [-0.3, -0.25) is 14.5 Å². The number of nitrogens with zero attached hydrogens (tertiary/aromatic N) is 4. The van der Waals surface area contributed by atoms with Crippen molar-refractivity contribution in [2.45, 2.75) is 32.7 Å². The van der Waals surface area contributed by atoms with Crippen molar-refractivity contribution >= 4 is 44.2 Å². The molecule has 138 valence electrons. The Labute approximate surface area is 165 Å². The lowest BCUT2D eigenvalue weighted by Gasteiger charge is -2.32.